The molecule has 18 heavy (non-hydrogen) atoms. The highest BCUT2D eigenvalue weighted by atomic mass is 35.5. The molecule has 1 aromatic heterocycles. The number of halogens is 1. The first-order chi connectivity index (χ1) is 8.72. The largest absolute Gasteiger partial charge is 0.396 e. The van der Waals surface area contributed by atoms with E-state index in [0.717, 1.165) is 5.56 Å². The van der Waals surface area contributed by atoms with Gasteiger partial charge in [0.05, 0.1) is 35.2 Å². The predicted octanol–water partition coefficient (Wildman–Crippen LogP) is 2.46. The van der Waals surface area contributed by atoms with Crippen molar-refractivity contribution >= 4 is 23.0 Å². The lowest BCUT2D eigenvalue weighted by Crippen LogP contribution is -2.16. The molecule has 4 N–H and O–H groups in total. The molecule has 1 atom stereocenters. The van der Waals surface area contributed by atoms with E-state index in [4.69, 9.17) is 17.3 Å². The third-order valence-electron chi connectivity index (χ3n) is 2.63. The minimum atomic E-state index is -0.256. The van der Waals surface area contributed by atoms with E-state index in [-0.39, 0.29) is 12.6 Å². The predicted molar refractivity (Wildman–Crippen MR) is 73.6 cm³/mol. The summed E-state index contributed by atoms with van der Waals surface area (Å²) in [6.45, 7) is -0.0535. The Balaban J connectivity index is 2.26. The lowest BCUT2D eigenvalue weighted by atomic mass is 10.1. The van der Waals surface area contributed by atoms with Crippen molar-refractivity contribution in [3.63, 3.8) is 0 Å². The number of hydrogen-bond donors (Lipinski definition) is 3. The fourth-order valence-electron chi connectivity index (χ4n) is 1.70. The molecule has 2 rings (SSSR count). The van der Waals surface area contributed by atoms with Crippen LogP contribution in [-0.2, 0) is 0 Å². The molecule has 5 heteroatoms. The van der Waals surface area contributed by atoms with E-state index in [1.807, 2.05) is 30.3 Å². The van der Waals surface area contributed by atoms with E-state index < -0.39 is 0 Å². The van der Waals surface area contributed by atoms with E-state index >= 15 is 0 Å². The molecule has 94 valence electrons. The zero-order chi connectivity index (χ0) is 13.0. The van der Waals surface area contributed by atoms with Crippen LogP contribution in [0.5, 0.6) is 0 Å². The van der Waals surface area contributed by atoms with Gasteiger partial charge in [0.1, 0.15) is 0 Å². The van der Waals surface area contributed by atoms with Crippen molar-refractivity contribution in [2.75, 3.05) is 17.7 Å². The van der Waals surface area contributed by atoms with Gasteiger partial charge in [-0.2, -0.15) is 0 Å². The molecular weight excluding hydrogens is 250 g/mol. The van der Waals surface area contributed by atoms with Crippen LogP contribution in [0.3, 0.4) is 0 Å². The summed E-state index contributed by atoms with van der Waals surface area (Å²) >= 11 is 6.03. The van der Waals surface area contributed by atoms with Crippen LogP contribution in [0.1, 0.15) is 11.6 Å². The van der Waals surface area contributed by atoms with Crippen molar-refractivity contribution in [2.45, 2.75) is 6.04 Å². The normalized spacial score (nSPS) is 12.1. The molecule has 0 saturated carbocycles. The maximum absolute atomic E-state index is 9.46. The number of aromatic nitrogens is 1. The van der Waals surface area contributed by atoms with Crippen molar-refractivity contribution < 1.29 is 5.11 Å². The van der Waals surface area contributed by atoms with Crippen LogP contribution in [-0.4, -0.2) is 16.7 Å². The smallest absolute Gasteiger partial charge is 0.0842 e. The molecule has 1 unspecified atom stereocenters. The third kappa shape index (κ3) is 2.72. The topological polar surface area (TPSA) is 71.2 Å². The Hall–Kier alpha value is -1.78. The highest BCUT2D eigenvalue weighted by molar-refractivity contribution is 6.33. The van der Waals surface area contributed by atoms with Crippen LogP contribution >= 0.6 is 11.6 Å². The summed E-state index contributed by atoms with van der Waals surface area (Å²) < 4.78 is 0. The number of rotatable bonds is 4. The summed E-state index contributed by atoms with van der Waals surface area (Å²) in [5.74, 6) is 0. The van der Waals surface area contributed by atoms with Crippen molar-refractivity contribution in [1.29, 1.82) is 0 Å². The standard InChI is InChI=1S/C13H14ClN3O/c14-10-6-16-7-11(15)13(10)17-12(8-18)9-4-2-1-3-5-9/h1-7,12,18H,8,15H2,(H,16,17). The van der Waals surface area contributed by atoms with Gasteiger partial charge in [-0.25, -0.2) is 0 Å². The number of anilines is 2. The number of hydrogen-bond acceptors (Lipinski definition) is 4. The Labute approximate surface area is 110 Å². The Morgan fingerprint density at radius 3 is 2.61 bits per heavy atom. The Morgan fingerprint density at radius 2 is 2.00 bits per heavy atom. The SMILES string of the molecule is Nc1cncc(Cl)c1NC(CO)c1ccccc1. The average Bonchev–Trinajstić information content (AvgIpc) is 2.40. The van der Waals surface area contributed by atoms with Crippen molar-refractivity contribution in [3.05, 3.63) is 53.3 Å². The molecule has 0 aliphatic carbocycles. The van der Waals surface area contributed by atoms with E-state index in [9.17, 15) is 5.11 Å². The quantitative estimate of drug-likeness (QED) is 0.792. The van der Waals surface area contributed by atoms with E-state index in [1.165, 1.54) is 12.4 Å². The molecule has 0 saturated heterocycles. The second-order valence-corrected chi connectivity index (χ2v) is 4.28. The van der Waals surface area contributed by atoms with Crippen LogP contribution in [0.2, 0.25) is 5.02 Å². The number of nitrogens with zero attached hydrogens (tertiary/aromatic N) is 1. The molecular formula is C13H14ClN3O. The first-order valence-corrected chi connectivity index (χ1v) is 5.91. The average molecular weight is 264 g/mol. The number of pyridine rings is 1. The summed E-state index contributed by atoms with van der Waals surface area (Å²) in [5, 5.41) is 13.0. The lowest BCUT2D eigenvalue weighted by Gasteiger charge is -2.19. The molecule has 2 aromatic rings. The second-order valence-electron chi connectivity index (χ2n) is 3.88. The van der Waals surface area contributed by atoms with Crippen LogP contribution < -0.4 is 11.1 Å². The van der Waals surface area contributed by atoms with Gasteiger partial charge in [-0.1, -0.05) is 41.9 Å². The van der Waals surface area contributed by atoms with Gasteiger partial charge in [0.15, 0.2) is 0 Å². The van der Waals surface area contributed by atoms with Gasteiger partial charge < -0.3 is 16.2 Å². The maximum Gasteiger partial charge on any atom is 0.0842 e. The number of nitrogens with two attached hydrogens (primary N) is 1. The van der Waals surface area contributed by atoms with Crippen molar-refractivity contribution in [1.82, 2.24) is 4.98 Å². The van der Waals surface area contributed by atoms with Crippen LogP contribution in [0.4, 0.5) is 11.4 Å². The van der Waals surface area contributed by atoms with Gasteiger partial charge in [-0.15, -0.1) is 0 Å². The van der Waals surface area contributed by atoms with Crippen LogP contribution in [0.15, 0.2) is 42.7 Å². The number of benzene rings is 1. The zero-order valence-electron chi connectivity index (χ0n) is 9.68. The van der Waals surface area contributed by atoms with Crippen molar-refractivity contribution in [2.24, 2.45) is 0 Å². The number of nitrogen functional groups attached to an aromatic ring is 1. The molecule has 0 spiro atoms. The molecule has 4 nitrogen and oxygen atoms in total. The number of aliphatic hydroxyl groups is 1. The van der Waals surface area contributed by atoms with Gasteiger partial charge in [0, 0.05) is 6.20 Å². The first kappa shape index (κ1) is 12.7. The Kier molecular flexibility index (Phi) is 4.02. The fourth-order valence-corrected chi connectivity index (χ4v) is 1.92. The maximum atomic E-state index is 9.46. The van der Waals surface area contributed by atoms with Crippen LogP contribution in [0.25, 0.3) is 0 Å². The third-order valence-corrected chi connectivity index (χ3v) is 2.92. The molecule has 1 aromatic carbocycles. The minimum Gasteiger partial charge on any atom is -0.396 e. The minimum absolute atomic E-state index is 0.0535. The molecule has 0 aliphatic heterocycles. The zero-order valence-corrected chi connectivity index (χ0v) is 10.4. The van der Waals surface area contributed by atoms with E-state index in [0.29, 0.717) is 16.4 Å². The molecule has 0 bridgehead atoms. The monoisotopic (exact) mass is 263 g/mol. The summed E-state index contributed by atoms with van der Waals surface area (Å²) in [6.07, 6.45) is 3.04. The molecule has 0 aliphatic rings. The molecule has 0 fully saturated rings. The van der Waals surface area contributed by atoms with Gasteiger partial charge in [-0.3, -0.25) is 4.98 Å². The van der Waals surface area contributed by atoms with Crippen molar-refractivity contribution in [3.8, 4) is 0 Å². The highest BCUT2D eigenvalue weighted by Crippen LogP contribution is 2.30. The van der Waals surface area contributed by atoms with Crippen LogP contribution in [0, 0.1) is 0 Å². The van der Waals surface area contributed by atoms with E-state index in [2.05, 4.69) is 10.3 Å². The van der Waals surface area contributed by atoms with Gasteiger partial charge in [-0.05, 0) is 5.56 Å². The van der Waals surface area contributed by atoms with Gasteiger partial charge >= 0.3 is 0 Å². The Bertz CT molecular complexity index is 499. The Morgan fingerprint density at radius 1 is 1.28 bits per heavy atom. The van der Waals surface area contributed by atoms with Gasteiger partial charge in [0.2, 0.25) is 0 Å². The molecule has 0 radical (unpaired) electrons. The summed E-state index contributed by atoms with van der Waals surface area (Å²) in [7, 11) is 0. The van der Waals surface area contributed by atoms with Gasteiger partial charge in [0.25, 0.3) is 0 Å². The highest BCUT2D eigenvalue weighted by Gasteiger charge is 2.13. The fraction of sp³-hybridized carbons (Fsp3) is 0.154. The summed E-state index contributed by atoms with van der Waals surface area (Å²) in [4.78, 5) is 3.89. The van der Waals surface area contributed by atoms with E-state index in [1.54, 1.807) is 0 Å². The second kappa shape index (κ2) is 5.71. The molecule has 0 amide bonds. The summed E-state index contributed by atoms with van der Waals surface area (Å²) in [6, 6.07) is 9.35. The number of aliphatic hydroxyl groups excluding tert-OH is 1. The summed E-state index contributed by atoms with van der Waals surface area (Å²) in [5.41, 5.74) is 7.82. The lowest BCUT2D eigenvalue weighted by molar-refractivity contribution is 0.276. The molecule has 1 heterocycles. The number of nitrogens with one attached hydrogen (secondary N) is 1. The first-order valence-electron chi connectivity index (χ1n) is 5.53.